The van der Waals surface area contributed by atoms with Crippen LogP contribution in [0.2, 0.25) is 0 Å². The molecule has 0 aromatic heterocycles. The fourth-order valence-corrected chi connectivity index (χ4v) is 6.01. The summed E-state index contributed by atoms with van der Waals surface area (Å²) < 4.78 is 0. The van der Waals surface area contributed by atoms with E-state index in [1.165, 1.54) is 17.9 Å². The van der Waals surface area contributed by atoms with Crippen molar-refractivity contribution in [3.05, 3.63) is 77.7 Å². The first-order valence-electron chi connectivity index (χ1n) is 12.9. The van der Waals surface area contributed by atoms with Crippen molar-refractivity contribution in [2.75, 3.05) is 13.1 Å². The van der Waals surface area contributed by atoms with Crippen LogP contribution in [-0.2, 0) is 16.8 Å². The fourth-order valence-electron chi connectivity index (χ4n) is 6.01. The van der Waals surface area contributed by atoms with Crippen LogP contribution in [0.3, 0.4) is 0 Å². The molecule has 33 heavy (non-hydrogen) atoms. The number of hydrogen-bond donors (Lipinski definition) is 1. The highest BCUT2D eigenvalue weighted by Gasteiger charge is 2.48. The molecule has 1 amide bonds. The summed E-state index contributed by atoms with van der Waals surface area (Å²) in [6.45, 7) is 6.03. The quantitative estimate of drug-likeness (QED) is 0.527. The van der Waals surface area contributed by atoms with Crippen LogP contribution in [0, 0.1) is 23.7 Å². The zero-order chi connectivity index (χ0) is 23.3. The summed E-state index contributed by atoms with van der Waals surface area (Å²) in [5.74, 6) is 2.67. The van der Waals surface area contributed by atoms with E-state index in [4.69, 9.17) is 0 Å². The first kappa shape index (κ1) is 24.0. The number of aliphatic hydroxyl groups is 1. The van der Waals surface area contributed by atoms with Gasteiger partial charge in [-0.25, -0.2) is 0 Å². The topological polar surface area (TPSA) is 40.5 Å². The molecule has 2 unspecified atom stereocenters. The van der Waals surface area contributed by atoms with Gasteiger partial charge in [0.25, 0.3) is 5.91 Å². The lowest BCUT2D eigenvalue weighted by atomic mass is 9.77. The number of likely N-dealkylation sites (tertiary alicyclic amines) is 1. The minimum Gasteiger partial charge on any atom is -0.375 e. The Morgan fingerprint density at radius 1 is 0.939 bits per heavy atom. The number of piperidine rings is 1. The van der Waals surface area contributed by atoms with E-state index in [0.717, 1.165) is 63.6 Å². The van der Waals surface area contributed by atoms with Gasteiger partial charge in [-0.15, -0.1) is 0 Å². The van der Waals surface area contributed by atoms with Gasteiger partial charge in [0.15, 0.2) is 5.60 Å². The van der Waals surface area contributed by atoms with E-state index in [-0.39, 0.29) is 11.8 Å². The predicted molar refractivity (Wildman–Crippen MR) is 134 cm³/mol. The Morgan fingerprint density at radius 3 is 2.09 bits per heavy atom. The Labute approximate surface area is 200 Å². The molecule has 177 valence electrons. The van der Waals surface area contributed by atoms with Crippen LogP contribution < -0.4 is 0 Å². The summed E-state index contributed by atoms with van der Waals surface area (Å²) in [7, 11) is 0. The number of benzene rings is 2. The van der Waals surface area contributed by atoms with Gasteiger partial charge in [-0.2, -0.15) is 0 Å². The van der Waals surface area contributed by atoms with Gasteiger partial charge in [-0.3, -0.25) is 4.79 Å². The summed E-state index contributed by atoms with van der Waals surface area (Å²) in [5.41, 5.74) is 0.790. The Hall–Kier alpha value is -2.13. The highest BCUT2D eigenvalue weighted by atomic mass is 16.3. The van der Waals surface area contributed by atoms with E-state index in [9.17, 15) is 9.90 Å². The van der Waals surface area contributed by atoms with Crippen molar-refractivity contribution >= 4 is 5.91 Å². The van der Waals surface area contributed by atoms with E-state index in [1.54, 1.807) is 0 Å². The molecule has 2 fully saturated rings. The van der Waals surface area contributed by atoms with Crippen LogP contribution in [0.15, 0.2) is 60.7 Å². The van der Waals surface area contributed by atoms with Crippen LogP contribution in [0.5, 0.6) is 0 Å². The molecule has 0 bridgehead atoms. The van der Waals surface area contributed by atoms with Gasteiger partial charge in [-0.05, 0) is 67.4 Å². The average Bonchev–Trinajstić information content (AvgIpc) is 3.40. The molecule has 1 N–H and O–H groups in total. The van der Waals surface area contributed by atoms with Gasteiger partial charge in [0.2, 0.25) is 0 Å². The summed E-state index contributed by atoms with van der Waals surface area (Å²) in [4.78, 5) is 15.7. The molecule has 3 nitrogen and oxygen atoms in total. The lowest BCUT2D eigenvalue weighted by Gasteiger charge is -2.41. The molecule has 1 saturated heterocycles. The van der Waals surface area contributed by atoms with Gasteiger partial charge in [0.1, 0.15) is 0 Å². The van der Waals surface area contributed by atoms with Crippen molar-refractivity contribution in [2.45, 2.75) is 70.8 Å². The first-order chi connectivity index (χ1) is 16.0. The molecule has 2 aliphatic rings. The molecule has 4 rings (SSSR count). The van der Waals surface area contributed by atoms with Crippen LogP contribution in [0.4, 0.5) is 0 Å². The molecule has 1 saturated carbocycles. The van der Waals surface area contributed by atoms with Gasteiger partial charge in [0.05, 0.1) is 0 Å². The van der Waals surface area contributed by atoms with Crippen molar-refractivity contribution in [3.8, 4) is 0 Å². The van der Waals surface area contributed by atoms with E-state index >= 15 is 0 Å². The van der Waals surface area contributed by atoms with Gasteiger partial charge in [-0.1, -0.05) is 87.4 Å². The minimum absolute atomic E-state index is 0.0257. The second-order valence-electron chi connectivity index (χ2n) is 10.5. The SMILES string of the molecule is C[C](C)C(Cc1ccccc1)CC1CCN(C(=O)C(O)(c2ccccc2)C2CCCC2)CC1. The Kier molecular flexibility index (Phi) is 7.90. The second-order valence-corrected chi connectivity index (χ2v) is 10.5. The Morgan fingerprint density at radius 2 is 1.52 bits per heavy atom. The minimum atomic E-state index is -1.38. The third-order valence-corrected chi connectivity index (χ3v) is 8.15. The fraction of sp³-hybridized carbons (Fsp3) is 0.533. The Balaban J connectivity index is 1.40. The molecule has 1 aliphatic heterocycles. The average molecular weight is 447 g/mol. The third kappa shape index (κ3) is 5.51. The number of amides is 1. The molecule has 2 aromatic carbocycles. The maximum atomic E-state index is 13.8. The summed E-state index contributed by atoms with van der Waals surface area (Å²) in [6.07, 6.45) is 8.40. The van der Waals surface area contributed by atoms with Crippen LogP contribution in [0.1, 0.15) is 69.9 Å². The maximum Gasteiger partial charge on any atom is 0.259 e. The second kappa shape index (κ2) is 10.9. The van der Waals surface area contributed by atoms with Gasteiger partial charge < -0.3 is 10.0 Å². The number of carbonyl (C=O) groups is 1. The van der Waals surface area contributed by atoms with Gasteiger partial charge >= 0.3 is 0 Å². The summed E-state index contributed by atoms with van der Waals surface area (Å²) in [5, 5.41) is 11.9. The highest BCUT2D eigenvalue weighted by molar-refractivity contribution is 5.87. The largest absolute Gasteiger partial charge is 0.375 e. The van der Waals surface area contributed by atoms with Crippen molar-refractivity contribution in [1.29, 1.82) is 0 Å². The van der Waals surface area contributed by atoms with E-state index in [0.29, 0.717) is 11.8 Å². The van der Waals surface area contributed by atoms with Crippen molar-refractivity contribution in [2.24, 2.45) is 17.8 Å². The number of rotatable bonds is 8. The number of carbonyl (C=O) groups excluding carboxylic acids is 1. The van der Waals surface area contributed by atoms with E-state index in [2.05, 4.69) is 44.2 Å². The molecular formula is C30H40NO2. The first-order valence-corrected chi connectivity index (χ1v) is 12.9. The standard InChI is InChI=1S/C30H40NO2/c1-23(2)26(21-24-11-5-3-6-12-24)22-25-17-19-31(20-18-25)29(32)30(33,28-15-9-10-16-28)27-13-7-4-8-14-27/h3-8,11-14,25-26,28,33H,9-10,15-22H2,1-2H3. The lowest BCUT2D eigenvalue weighted by Crippen LogP contribution is -2.53. The predicted octanol–water partition coefficient (Wildman–Crippen LogP) is 6.17. The lowest BCUT2D eigenvalue weighted by molar-refractivity contribution is -0.161. The molecular weight excluding hydrogens is 406 g/mol. The van der Waals surface area contributed by atoms with E-state index in [1.807, 2.05) is 35.2 Å². The van der Waals surface area contributed by atoms with Gasteiger partial charge in [0, 0.05) is 19.0 Å². The summed E-state index contributed by atoms with van der Waals surface area (Å²) >= 11 is 0. The van der Waals surface area contributed by atoms with E-state index < -0.39 is 5.60 Å². The normalized spacial score (nSPS) is 20.7. The highest BCUT2D eigenvalue weighted by Crippen LogP contribution is 2.42. The molecule has 1 aliphatic carbocycles. The van der Waals surface area contributed by atoms with Crippen molar-refractivity contribution < 1.29 is 9.90 Å². The third-order valence-electron chi connectivity index (χ3n) is 8.15. The molecule has 3 heteroatoms. The molecule has 2 aromatic rings. The zero-order valence-electron chi connectivity index (χ0n) is 20.4. The number of hydrogen-bond acceptors (Lipinski definition) is 2. The monoisotopic (exact) mass is 446 g/mol. The van der Waals surface area contributed by atoms with Crippen LogP contribution in [-0.4, -0.2) is 29.0 Å². The molecule has 1 radical (unpaired) electrons. The molecule has 0 spiro atoms. The zero-order valence-corrected chi connectivity index (χ0v) is 20.4. The number of nitrogens with zero attached hydrogens (tertiary/aromatic N) is 1. The van der Waals surface area contributed by atoms with Crippen LogP contribution in [0.25, 0.3) is 0 Å². The Bertz CT molecular complexity index is 867. The smallest absolute Gasteiger partial charge is 0.259 e. The molecule has 1 heterocycles. The summed E-state index contributed by atoms with van der Waals surface area (Å²) in [6, 6.07) is 20.5. The van der Waals surface area contributed by atoms with Crippen molar-refractivity contribution in [1.82, 2.24) is 4.90 Å². The van der Waals surface area contributed by atoms with Crippen molar-refractivity contribution in [3.63, 3.8) is 0 Å². The maximum absolute atomic E-state index is 13.8. The van der Waals surface area contributed by atoms with Crippen LogP contribution >= 0.6 is 0 Å². The molecule has 2 atom stereocenters.